The van der Waals surface area contributed by atoms with Crippen LogP contribution in [0.5, 0.6) is 0 Å². The van der Waals surface area contributed by atoms with E-state index in [1.165, 1.54) is 18.0 Å². The number of carboxylic acid groups (broad SMARTS) is 1. The summed E-state index contributed by atoms with van der Waals surface area (Å²) >= 11 is 3.02. The lowest BCUT2D eigenvalue weighted by Crippen LogP contribution is -2.57. The van der Waals surface area contributed by atoms with Gasteiger partial charge in [0.15, 0.2) is 0 Å². The van der Waals surface area contributed by atoms with E-state index in [0.29, 0.717) is 18.7 Å². The van der Waals surface area contributed by atoms with E-state index >= 15 is 0 Å². The molecular formula is C31H55BrN8O8. The van der Waals surface area contributed by atoms with Crippen molar-refractivity contribution in [2.45, 2.75) is 97.4 Å². The molecule has 0 aliphatic heterocycles. The summed E-state index contributed by atoms with van der Waals surface area (Å²) in [6, 6.07) is -4.72. The van der Waals surface area contributed by atoms with E-state index in [9.17, 15) is 39.0 Å². The van der Waals surface area contributed by atoms with Crippen LogP contribution in [0.2, 0.25) is 0 Å². The second-order valence-corrected chi connectivity index (χ2v) is 13.3. The predicted molar refractivity (Wildman–Crippen MR) is 186 cm³/mol. The smallest absolute Gasteiger partial charge is 0.326 e. The maximum Gasteiger partial charge on any atom is 0.326 e. The highest BCUT2D eigenvalue weighted by Crippen LogP contribution is 2.26. The molecule has 5 amide bonds. The molecule has 0 aliphatic carbocycles. The highest BCUT2D eigenvalue weighted by Gasteiger charge is 2.37. The molecule has 0 radical (unpaired) electrons. The first-order valence-electron chi connectivity index (χ1n) is 15.8. The Bertz CT molecular complexity index is 1140. The van der Waals surface area contributed by atoms with E-state index < -0.39 is 77.7 Å². The molecule has 16 nitrogen and oxygen atoms in total. The van der Waals surface area contributed by atoms with Gasteiger partial charge < -0.3 is 47.4 Å². The Kier molecular flexibility index (Phi) is 20.5. The van der Waals surface area contributed by atoms with Crippen LogP contribution in [-0.4, -0.2) is 119 Å². The number of carbonyl (C=O) groups excluding carboxylic acids is 5. The lowest BCUT2D eigenvalue weighted by atomic mass is 9.84. The summed E-state index contributed by atoms with van der Waals surface area (Å²) in [5.41, 5.74) is 5.62. The summed E-state index contributed by atoms with van der Waals surface area (Å²) in [6.45, 7) is 13.8. The summed E-state index contributed by atoms with van der Waals surface area (Å²) < 4.78 is 0. The number of carbonyl (C=O) groups is 6. The Morgan fingerprint density at radius 2 is 1.60 bits per heavy atom. The van der Waals surface area contributed by atoms with Gasteiger partial charge in [0.05, 0.1) is 17.4 Å². The topological polar surface area (TPSA) is 245 Å². The van der Waals surface area contributed by atoms with E-state index in [-0.39, 0.29) is 37.2 Å². The molecule has 0 saturated carbocycles. The van der Waals surface area contributed by atoms with Crippen molar-refractivity contribution in [1.29, 1.82) is 0 Å². The molecule has 0 saturated heterocycles. The molecule has 0 aliphatic rings. The van der Waals surface area contributed by atoms with Crippen LogP contribution in [-0.2, 0) is 28.8 Å². The van der Waals surface area contributed by atoms with Gasteiger partial charge in [-0.1, -0.05) is 57.1 Å². The van der Waals surface area contributed by atoms with Gasteiger partial charge in [0.1, 0.15) is 30.6 Å². The molecule has 5 atom stereocenters. The van der Waals surface area contributed by atoms with Crippen LogP contribution in [0.25, 0.3) is 0 Å². The van der Waals surface area contributed by atoms with Gasteiger partial charge in [-0.25, -0.2) is 4.79 Å². The number of rotatable bonds is 21. The maximum atomic E-state index is 12.7. The van der Waals surface area contributed by atoms with Gasteiger partial charge in [0, 0.05) is 20.1 Å². The van der Waals surface area contributed by atoms with Crippen molar-refractivity contribution in [1.82, 2.24) is 31.5 Å². The number of nitrogens with one attached hydrogen (secondary N) is 5. The van der Waals surface area contributed by atoms with Crippen molar-refractivity contribution in [3.8, 4) is 0 Å². The molecular weight excluding hydrogens is 692 g/mol. The zero-order chi connectivity index (χ0) is 37.2. The van der Waals surface area contributed by atoms with Crippen LogP contribution in [0.4, 0.5) is 0 Å². The molecule has 0 aromatic carbocycles. The summed E-state index contributed by atoms with van der Waals surface area (Å²) in [5, 5.41) is 32.4. The predicted octanol–water partition coefficient (Wildman–Crippen LogP) is -0.403. The van der Waals surface area contributed by atoms with Crippen LogP contribution in [0.3, 0.4) is 0 Å². The maximum absolute atomic E-state index is 12.7. The molecule has 0 bridgehead atoms. The van der Waals surface area contributed by atoms with Gasteiger partial charge >= 0.3 is 5.97 Å². The molecule has 0 fully saturated rings. The molecule has 48 heavy (non-hydrogen) atoms. The second-order valence-electron chi connectivity index (χ2n) is 12.7. The normalized spacial score (nSPS) is 14.9. The molecule has 0 aromatic rings. The minimum atomic E-state index is -1.26. The molecule has 4 unspecified atom stereocenters. The van der Waals surface area contributed by atoms with Gasteiger partial charge in [-0.05, 0) is 50.1 Å². The summed E-state index contributed by atoms with van der Waals surface area (Å²) in [7, 11) is 1.57. The number of nitrogens with two attached hydrogens (primary N) is 1. The SMILES string of the molecule is C=CNC(=NC)C(N(CCC(N)C(=O)NCCCCC(NC(=O)C(C)NC(=O)[C@@H](NC(=O)CBr)C(C)C)C(=O)O)C(=O)CO)C(C)(C)C. The van der Waals surface area contributed by atoms with Gasteiger partial charge in [-0.15, -0.1) is 0 Å². The summed E-state index contributed by atoms with van der Waals surface area (Å²) in [4.78, 5) is 79.9. The van der Waals surface area contributed by atoms with Crippen molar-refractivity contribution in [2.75, 3.05) is 32.1 Å². The number of aliphatic imine (C=N–C) groups is 1. The Labute approximate surface area is 291 Å². The fourth-order valence-electron chi connectivity index (χ4n) is 4.78. The van der Waals surface area contributed by atoms with Gasteiger partial charge in [-0.2, -0.15) is 0 Å². The highest BCUT2D eigenvalue weighted by molar-refractivity contribution is 9.09. The molecule has 0 heterocycles. The van der Waals surface area contributed by atoms with E-state index in [0.717, 1.165) is 0 Å². The number of alkyl halides is 1. The average molecular weight is 748 g/mol. The molecule has 0 spiro atoms. The van der Waals surface area contributed by atoms with Crippen molar-refractivity contribution in [3.63, 3.8) is 0 Å². The lowest BCUT2D eigenvalue weighted by Gasteiger charge is -2.40. The van der Waals surface area contributed by atoms with Crippen molar-refractivity contribution >= 4 is 57.3 Å². The van der Waals surface area contributed by atoms with Crippen LogP contribution in [0.15, 0.2) is 17.8 Å². The number of hydrogen-bond donors (Lipinski definition) is 8. The van der Waals surface area contributed by atoms with Crippen LogP contribution in [0, 0.1) is 11.3 Å². The van der Waals surface area contributed by atoms with Crippen LogP contribution >= 0.6 is 15.9 Å². The first-order chi connectivity index (χ1) is 22.4. The van der Waals surface area contributed by atoms with E-state index in [1.54, 1.807) is 20.9 Å². The third kappa shape index (κ3) is 15.6. The van der Waals surface area contributed by atoms with Crippen molar-refractivity contribution in [2.24, 2.45) is 22.1 Å². The van der Waals surface area contributed by atoms with E-state index in [2.05, 4.69) is 54.1 Å². The number of aliphatic hydroxyl groups is 1. The Hall–Kier alpha value is -3.57. The molecule has 9 N–H and O–H groups in total. The Morgan fingerprint density at radius 1 is 0.979 bits per heavy atom. The highest BCUT2D eigenvalue weighted by atomic mass is 79.9. The number of unbranched alkanes of at least 4 members (excludes halogenated alkanes) is 1. The number of nitrogens with zero attached hydrogens (tertiary/aromatic N) is 2. The third-order valence-corrected chi connectivity index (χ3v) is 7.84. The van der Waals surface area contributed by atoms with Crippen molar-refractivity contribution < 1.29 is 39.0 Å². The number of aliphatic carboxylic acids is 1. The molecule has 0 aromatic heterocycles. The number of carboxylic acids is 1. The summed E-state index contributed by atoms with van der Waals surface area (Å²) in [6.07, 6.45) is 2.32. The third-order valence-electron chi connectivity index (χ3n) is 7.33. The minimum absolute atomic E-state index is 0.00537. The monoisotopic (exact) mass is 746 g/mol. The van der Waals surface area contributed by atoms with Crippen molar-refractivity contribution in [3.05, 3.63) is 12.8 Å². The van der Waals surface area contributed by atoms with E-state index in [4.69, 9.17) is 5.73 Å². The average Bonchev–Trinajstić information content (AvgIpc) is 3.01. The molecule has 274 valence electrons. The van der Waals surface area contributed by atoms with Gasteiger partial charge in [-0.3, -0.25) is 29.0 Å². The standard InChI is InChI=1S/C31H55BrN8O8/c1-9-35-26(34-8)25(31(5,6)7)40(23(43)17-41)15-13-20(33)28(45)36-14-11-10-12-21(30(47)48)38-27(44)19(4)37-29(46)24(18(2)3)39-22(42)16-32/h9,18-21,24-25,41H,1,10-17,33H2,2-8H3,(H,34,35)(H,36,45)(H,37,46)(H,38,44)(H,39,42)(H,47,48)/t19?,20?,21?,24-,25?/m0/s1. The number of amidine groups is 1. The lowest BCUT2D eigenvalue weighted by molar-refractivity contribution is -0.142. The number of amides is 5. The first-order valence-corrected chi connectivity index (χ1v) is 16.9. The minimum Gasteiger partial charge on any atom is -0.480 e. The van der Waals surface area contributed by atoms with Crippen LogP contribution in [0.1, 0.15) is 67.2 Å². The van der Waals surface area contributed by atoms with Gasteiger partial charge in [0.2, 0.25) is 29.5 Å². The fraction of sp³-hybridized carbons (Fsp3) is 0.710. The Morgan fingerprint density at radius 3 is 2.08 bits per heavy atom. The molecule has 0 rings (SSSR count). The zero-order valence-electron chi connectivity index (χ0n) is 29.1. The summed E-state index contributed by atoms with van der Waals surface area (Å²) in [5.74, 6) is -3.75. The largest absolute Gasteiger partial charge is 0.480 e. The van der Waals surface area contributed by atoms with E-state index in [1.807, 2.05) is 20.8 Å². The number of aliphatic hydroxyl groups excluding tert-OH is 1. The van der Waals surface area contributed by atoms with Crippen LogP contribution < -0.4 is 32.3 Å². The zero-order valence-corrected chi connectivity index (χ0v) is 30.7. The fourth-order valence-corrected chi connectivity index (χ4v) is 4.94. The number of hydrogen-bond acceptors (Lipinski definition) is 9. The Balaban J connectivity index is 5.05. The molecule has 17 heteroatoms. The first kappa shape index (κ1) is 44.4. The quantitative estimate of drug-likeness (QED) is 0.0327. The van der Waals surface area contributed by atoms with Gasteiger partial charge in [0.25, 0.3) is 0 Å². The second kappa shape index (κ2) is 22.1. The number of halogens is 1.